The summed E-state index contributed by atoms with van der Waals surface area (Å²) in [5.41, 5.74) is -0.910. The van der Waals surface area contributed by atoms with Gasteiger partial charge in [0.1, 0.15) is 0 Å². The average Bonchev–Trinajstić information content (AvgIpc) is 2.78. The van der Waals surface area contributed by atoms with Gasteiger partial charge in [0.25, 0.3) is 0 Å². The summed E-state index contributed by atoms with van der Waals surface area (Å²) in [5, 5.41) is 17.1. The van der Waals surface area contributed by atoms with Gasteiger partial charge in [0.2, 0.25) is 11.8 Å². The van der Waals surface area contributed by atoms with Crippen LogP contribution in [0.3, 0.4) is 0 Å². The molecule has 4 atom stereocenters. The first-order chi connectivity index (χ1) is 13.7. The van der Waals surface area contributed by atoms with Crippen molar-refractivity contribution in [2.75, 3.05) is 20.3 Å². The Bertz CT molecular complexity index is 623. The van der Waals surface area contributed by atoms with Crippen LogP contribution in [-0.4, -0.2) is 48.8 Å². The van der Waals surface area contributed by atoms with Crippen LogP contribution >= 0.6 is 0 Å². The molecule has 2 rings (SSSR count). The fourth-order valence-electron chi connectivity index (χ4n) is 5.89. The van der Waals surface area contributed by atoms with Gasteiger partial charge in [-0.05, 0) is 61.2 Å². The molecule has 2 aliphatic carbocycles. The van der Waals surface area contributed by atoms with Crippen LogP contribution in [0.25, 0.3) is 0 Å². The fourth-order valence-corrected chi connectivity index (χ4v) is 5.89. The SMILES string of the molecule is COCCNC(=O)CC[C@]12CC[C@](C)(O)C[C@H]1C(C)(C)C[C@@H]2NC(=O)CC(C)(C)C. The Morgan fingerprint density at radius 1 is 1.10 bits per heavy atom. The average molecular weight is 425 g/mol. The lowest BCUT2D eigenvalue weighted by Crippen LogP contribution is -2.53. The number of hydrogen-bond acceptors (Lipinski definition) is 4. The van der Waals surface area contributed by atoms with Gasteiger partial charge in [-0.3, -0.25) is 9.59 Å². The molecule has 0 spiro atoms. The van der Waals surface area contributed by atoms with E-state index in [4.69, 9.17) is 4.74 Å². The van der Waals surface area contributed by atoms with Gasteiger partial charge in [-0.15, -0.1) is 0 Å². The highest BCUT2D eigenvalue weighted by atomic mass is 16.5. The number of rotatable bonds is 8. The molecule has 2 aliphatic rings. The van der Waals surface area contributed by atoms with E-state index in [1.165, 1.54) is 0 Å². The van der Waals surface area contributed by atoms with Crippen LogP contribution in [0.5, 0.6) is 0 Å². The number of carbonyl (C=O) groups excluding carboxylic acids is 2. The first-order valence-electron chi connectivity index (χ1n) is 11.5. The smallest absolute Gasteiger partial charge is 0.220 e. The monoisotopic (exact) mass is 424 g/mol. The van der Waals surface area contributed by atoms with Gasteiger partial charge in [-0.1, -0.05) is 34.6 Å². The molecule has 0 heterocycles. The molecule has 0 aromatic rings. The van der Waals surface area contributed by atoms with Gasteiger partial charge < -0.3 is 20.5 Å². The fraction of sp³-hybridized carbons (Fsp3) is 0.917. The second-order valence-corrected chi connectivity index (χ2v) is 11.9. The molecule has 6 heteroatoms. The van der Waals surface area contributed by atoms with Gasteiger partial charge in [0, 0.05) is 32.5 Å². The van der Waals surface area contributed by atoms with E-state index in [1.54, 1.807) is 7.11 Å². The quantitative estimate of drug-likeness (QED) is 0.521. The van der Waals surface area contributed by atoms with E-state index in [1.807, 2.05) is 6.92 Å². The third-order valence-corrected chi connectivity index (χ3v) is 7.31. The molecule has 0 saturated heterocycles. The number of fused-ring (bicyclic) bond motifs is 1. The molecule has 0 aromatic carbocycles. The molecular weight excluding hydrogens is 380 g/mol. The topological polar surface area (TPSA) is 87.7 Å². The molecular formula is C24H44N2O4. The maximum atomic E-state index is 12.8. The molecule has 0 aliphatic heterocycles. The molecule has 174 valence electrons. The summed E-state index contributed by atoms with van der Waals surface area (Å²) >= 11 is 0. The zero-order valence-electron chi connectivity index (χ0n) is 20.2. The minimum absolute atomic E-state index is 0.00336. The Labute approximate surface area is 182 Å². The number of methoxy groups -OCH3 is 1. The minimum atomic E-state index is -0.684. The molecule has 6 nitrogen and oxygen atoms in total. The van der Waals surface area contributed by atoms with Crippen molar-refractivity contribution in [3.8, 4) is 0 Å². The van der Waals surface area contributed by atoms with Gasteiger partial charge >= 0.3 is 0 Å². The Morgan fingerprint density at radius 2 is 1.77 bits per heavy atom. The Kier molecular flexibility index (Phi) is 7.67. The van der Waals surface area contributed by atoms with Crippen molar-refractivity contribution in [1.82, 2.24) is 10.6 Å². The number of nitrogens with one attached hydrogen (secondary N) is 2. The summed E-state index contributed by atoms with van der Waals surface area (Å²) in [6.07, 6.45) is 4.79. The number of carbonyl (C=O) groups is 2. The third kappa shape index (κ3) is 6.19. The van der Waals surface area contributed by atoms with E-state index in [-0.39, 0.29) is 40.0 Å². The molecule has 0 radical (unpaired) electrons. The van der Waals surface area contributed by atoms with Gasteiger partial charge in [0.05, 0.1) is 12.2 Å². The van der Waals surface area contributed by atoms with Crippen molar-refractivity contribution >= 4 is 11.8 Å². The van der Waals surface area contributed by atoms with Gasteiger partial charge in [-0.25, -0.2) is 0 Å². The van der Waals surface area contributed by atoms with Crippen LogP contribution in [0.1, 0.15) is 86.5 Å². The highest BCUT2D eigenvalue weighted by Crippen LogP contribution is 2.63. The molecule has 0 unspecified atom stereocenters. The van der Waals surface area contributed by atoms with E-state index >= 15 is 0 Å². The lowest BCUT2D eigenvalue weighted by Gasteiger charge is -2.51. The molecule has 3 N–H and O–H groups in total. The first-order valence-corrected chi connectivity index (χ1v) is 11.5. The lowest BCUT2D eigenvalue weighted by atomic mass is 9.57. The predicted molar refractivity (Wildman–Crippen MR) is 119 cm³/mol. The van der Waals surface area contributed by atoms with Crippen molar-refractivity contribution in [2.24, 2.45) is 22.2 Å². The van der Waals surface area contributed by atoms with E-state index in [2.05, 4.69) is 45.3 Å². The van der Waals surface area contributed by atoms with Crippen molar-refractivity contribution < 1.29 is 19.4 Å². The molecule has 2 amide bonds. The zero-order chi connectivity index (χ0) is 22.8. The molecule has 2 fully saturated rings. The standard InChI is InChI=1S/C24H44N2O4/c1-21(2,3)16-20(28)26-18-15-22(4,5)17-14-23(6,29)10-11-24(17,18)9-8-19(27)25-12-13-30-7/h17-18,29H,8-16H2,1-7H3,(H,25,27)(H,26,28)/t17-,18-,23-,24-/m0/s1. The summed E-state index contributed by atoms with van der Waals surface area (Å²) in [6.45, 7) is 13.7. The Balaban J connectivity index is 2.22. The second-order valence-electron chi connectivity index (χ2n) is 11.9. The highest BCUT2D eigenvalue weighted by Gasteiger charge is 2.61. The normalized spacial score (nSPS) is 33.1. The van der Waals surface area contributed by atoms with Crippen LogP contribution < -0.4 is 10.6 Å². The van der Waals surface area contributed by atoms with Crippen LogP contribution in [-0.2, 0) is 14.3 Å². The maximum Gasteiger partial charge on any atom is 0.220 e. The summed E-state index contributed by atoms with van der Waals surface area (Å²) in [7, 11) is 1.62. The molecule has 0 aromatic heterocycles. The molecule has 0 bridgehead atoms. The summed E-state index contributed by atoms with van der Waals surface area (Å²) in [6, 6.07) is 0.0372. The predicted octanol–water partition coefficient (Wildman–Crippen LogP) is 3.42. The van der Waals surface area contributed by atoms with Crippen molar-refractivity contribution in [3.05, 3.63) is 0 Å². The third-order valence-electron chi connectivity index (χ3n) is 7.31. The Hall–Kier alpha value is -1.14. The second kappa shape index (κ2) is 9.15. The van der Waals surface area contributed by atoms with Crippen molar-refractivity contribution in [2.45, 2.75) is 98.1 Å². The van der Waals surface area contributed by atoms with Crippen LogP contribution in [0.4, 0.5) is 0 Å². The number of hydrogen-bond donors (Lipinski definition) is 3. The summed E-state index contributed by atoms with van der Waals surface area (Å²) < 4.78 is 5.02. The number of amides is 2. The highest BCUT2D eigenvalue weighted by molar-refractivity contribution is 5.77. The van der Waals surface area contributed by atoms with E-state index in [0.29, 0.717) is 32.4 Å². The van der Waals surface area contributed by atoms with Crippen molar-refractivity contribution in [1.29, 1.82) is 0 Å². The summed E-state index contributed by atoms with van der Waals surface area (Å²) in [5.74, 6) is 0.382. The largest absolute Gasteiger partial charge is 0.390 e. The van der Waals surface area contributed by atoms with E-state index in [9.17, 15) is 14.7 Å². The maximum absolute atomic E-state index is 12.8. The van der Waals surface area contributed by atoms with Gasteiger partial charge in [0.15, 0.2) is 0 Å². The molecule has 30 heavy (non-hydrogen) atoms. The summed E-state index contributed by atoms with van der Waals surface area (Å²) in [4.78, 5) is 25.3. The Morgan fingerprint density at radius 3 is 2.37 bits per heavy atom. The van der Waals surface area contributed by atoms with E-state index in [0.717, 1.165) is 25.7 Å². The van der Waals surface area contributed by atoms with Crippen LogP contribution in [0, 0.1) is 22.2 Å². The first kappa shape index (κ1) is 25.1. The number of aliphatic hydroxyl groups is 1. The zero-order valence-corrected chi connectivity index (χ0v) is 20.2. The minimum Gasteiger partial charge on any atom is -0.390 e. The van der Waals surface area contributed by atoms with Crippen LogP contribution in [0.2, 0.25) is 0 Å². The van der Waals surface area contributed by atoms with Crippen molar-refractivity contribution in [3.63, 3.8) is 0 Å². The van der Waals surface area contributed by atoms with Crippen LogP contribution in [0.15, 0.2) is 0 Å². The van der Waals surface area contributed by atoms with E-state index < -0.39 is 5.60 Å². The molecule has 2 saturated carbocycles. The van der Waals surface area contributed by atoms with Gasteiger partial charge in [-0.2, -0.15) is 0 Å². The lowest BCUT2D eigenvalue weighted by molar-refractivity contribution is -0.126. The number of ether oxygens (including phenoxy) is 1.